The number of hydrogen-bond acceptors (Lipinski definition) is 8. The molecule has 1 aromatic heterocycles. The fourth-order valence-corrected chi connectivity index (χ4v) is 3.48. The number of carbonyl (C=O) groups is 3. The zero-order valence-corrected chi connectivity index (χ0v) is 16.3. The summed E-state index contributed by atoms with van der Waals surface area (Å²) in [7, 11) is 1.24. The second-order valence-electron chi connectivity index (χ2n) is 5.75. The third-order valence-corrected chi connectivity index (χ3v) is 5.04. The Morgan fingerprint density at radius 3 is 2.54 bits per heavy atom. The van der Waals surface area contributed by atoms with Crippen LogP contribution in [0.1, 0.15) is 26.4 Å². The summed E-state index contributed by atoms with van der Waals surface area (Å²) in [5, 5.41) is 13.8. The van der Waals surface area contributed by atoms with Gasteiger partial charge in [0.15, 0.2) is 6.61 Å². The molecule has 0 unspecified atom stereocenters. The minimum Gasteiger partial charge on any atom is -0.465 e. The van der Waals surface area contributed by atoms with Crippen molar-refractivity contribution in [2.45, 2.75) is 20.3 Å². The maximum atomic E-state index is 12.1. The zero-order chi connectivity index (χ0) is 20.8. The lowest BCUT2D eigenvalue weighted by Gasteiger charge is -2.07. The molecule has 2 aromatic rings. The number of thiophene rings is 1. The lowest BCUT2D eigenvalue weighted by Crippen LogP contribution is -2.22. The van der Waals surface area contributed by atoms with Crippen LogP contribution in [-0.4, -0.2) is 36.5 Å². The molecule has 148 valence electrons. The van der Waals surface area contributed by atoms with Crippen molar-refractivity contribution in [2.75, 3.05) is 19.0 Å². The second kappa shape index (κ2) is 9.09. The number of nitro benzene ring substituents is 1. The van der Waals surface area contributed by atoms with Crippen molar-refractivity contribution in [3.63, 3.8) is 0 Å². The average Bonchev–Trinajstić information content (AvgIpc) is 2.93. The minimum absolute atomic E-state index is 0.190. The highest BCUT2D eigenvalue weighted by molar-refractivity contribution is 7.16. The van der Waals surface area contributed by atoms with Gasteiger partial charge in [-0.05, 0) is 19.4 Å². The van der Waals surface area contributed by atoms with E-state index < -0.39 is 29.4 Å². The van der Waals surface area contributed by atoms with Gasteiger partial charge >= 0.3 is 11.9 Å². The molecule has 0 radical (unpaired) electrons. The van der Waals surface area contributed by atoms with Crippen LogP contribution >= 0.6 is 11.3 Å². The van der Waals surface area contributed by atoms with Gasteiger partial charge in [-0.3, -0.25) is 19.7 Å². The number of nitrogens with zero attached hydrogens (tertiary/aromatic N) is 1. The van der Waals surface area contributed by atoms with E-state index in [-0.39, 0.29) is 23.2 Å². The first-order valence-corrected chi connectivity index (χ1v) is 8.92. The first-order valence-electron chi connectivity index (χ1n) is 8.10. The number of methoxy groups -OCH3 is 1. The Labute approximate surface area is 164 Å². The van der Waals surface area contributed by atoms with Crippen LogP contribution in [0, 0.1) is 24.0 Å². The monoisotopic (exact) mass is 406 g/mol. The Bertz CT molecular complexity index is 936. The Hall–Kier alpha value is -3.27. The number of esters is 2. The summed E-state index contributed by atoms with van der Waals surface area (Å²) in [6.07, 6.45) is -0.338. The average molecular weight is 406 g/mol. The van der Waals surface area contributed by atoms with Gasteiger partial charge in [-0.2, -0.15) is 0 Å². The van der Waals surface area contributed by atoms with Gasteiger partial charge in [0.2, 0.25) is 0 Å². The highest BCUT2D eigenvalue weighted by Crippen LogP contribution is 2.32. The number of rotatable bonds is 7. The van der Waals surface area contributed by atoms with Gasteiger partial charge < -0.3 is 14.8 Å². The molecule has 28 heavy (non-hydrogen) atoms. The van der Waals surface area contributed by atoms with Gasteiger partial charge in [-0.15, -0.1) is 11.3 Å². The molecule has 0 saturated heterocycles. The van der Waals surface area contributed by atoms with Gasteiger partial charge in [-0.25, -0.2) is 4.79 Å². The lowest BCUT2D eigenvalue weighted by atomic mass is 10.1. The quantitative estimate of drug-likeness (QED) is 0.426. The number of amides is 1. The molecule has 0 saturated carbocycles. The normalized spacial score (nSPS) is 10.2. The summed E-state index contributed by atoms with van der Waals surface area (Å²) in [6, 6.07) is 5.78. The molecule has 10 heteroatoms. The van der Waals surface area contributed by atoms with Crippen LogP contribution in [0.4, 0.5) is 10.7 Å². The second-order valence-corrected chi connectivity index (χ2v) is 6.98. The Kier molecular flexibility index (Phi) is 6.83. The SMILES string of the molecule is COC(=O)c1c(NC(=O)COC(=O)Cc2ccccc2[N+](=O)[O-])sc(C)c1C. The summed E-state index contributed by atoms with van der Waals surface area (Å²) in [5.74, 6) is -2.00. The standard InChI is InChI=1S/C18H18N2O7S/c1-10-11(2)28-17(16(10)18(23)26-3)19-14(21)9-27-15(22)8-12-6-4-5-7-13(12)20(24)25/h4-7H,8-9H2,1-3H3,(H,19,21). The number of para-hydroxylation sites is 1. The fraction of sp³-hybridized carbons (Fsp3) is 0.278. The number of hydrogen-bond donors (Lipinski definition) is 1. The topological polar surface area (TPSA) is 125 Å². The first-order chi connectivity index (χ1) is 13.2. The molecule has 0 fully saturated rings. The molecule has 2 rings (SSSR count). The molecule has 0 spiro atoms. The van der Waals surface area contributed by atoms with E-state index in [2.05, 4.69) is 5.32 Å². The van der Waals surface area contributed by atoms with E-state index in [9.17, 15) is 24.5 Å². The fourth-order valence-electron chi connectivity index (χ4n) is 2.42. The van der Waals surface area contributed by atoms with Crippen LogP contribution in [0.2, 0.25) is 0 Å². The molecule has 1 heterocycles. The smallest absolute Gasteiger partial charge is 0.341 e. The van der Waals surface area contributed by atoms with Crippen molar-refractivity contribution < 1.29 is 28.8 Å². The molecule has 1 amide bonds. The van der Waals surface area contributed by atoms with Gasteiger partial charge in [0.25, 0.3) is 11.6 Å². The predicted octanol–water partition coefficient (Wildman–Crippen LogP) is 2.78. The Morgan fingerprint density at radius 2 is 1.89 bits per heavy atom. The molecule has 0 bridgehead atoms. The van der Waals surface area contributed by atoms with Gasteiger partial charge in [-0.1, -0.05) is 18.2 Å². The highest BCUT2D eigenvalue weighted by atomic mass is 32.1. The minimum atomic E-state index is -0.781. The van der Waals surface area contributed by atoms with Gasteiger partial charge in [0, 0.05) is 16.5 Å². The van der Waals surface area contributed by atoms with Crippen LogP contribution in [0.5, 0.6) is 0 Å². The molecule has 0 aliphatic rings. The molecule has 0 aliphatic heterocycles. The van der Waals surface area contributed by atoms with Crippen molar-refractivity contribution in [1.29, 1.82) is 0 Å². The Balaban J connectivity index is 1.98. The van der Waals surface area contributed by atoms with E-state index in [4.69, 9.17) is 9.47 Å². The highest BCUT2D eigenvalue weighted by Gasteiger charge is 2.22. The third-order valence-electron chi connectivity index (χ3n) is 3.92. The molecule has 1 aromatic carbocycles. The number of nitro groups is 1. The van der Waals surface area contributed by atoms with E-state index >= 15 is 0 Å². The summed E-state index contributed by atoms with van der Waals surface area (Å²) in [4.78, 5) is 47.1. The lowest BCUT2D eigenvalue weighted by molar-refractivity contribution is -0.385. The number of anilines is 1. The van der Waals surface area contributed by atoms with Crippen LogP contribution in [0.25, 0.3) is 0 Å². The summed E-state index contributed by atoms with van der Waals surface area (Å²) >= 11 is 1.21. The first kappa shape index (κ1) is 21.0. The Morgan fingerprint density at radius 1 is 1.21 bits per heavy atom. The van der Waals surface area contributed by atoms with Crippen molar-refractivity contribution in [3.8, 4) is 0 Å². The molecule has 1 N–H and O–H groups in total. The van der Waals surface area contributed by atoms with Crippen molar-refractivity contribution in [3.05, 3.63) is 55.9 Å². The van der Waals surface area contributed by atoms with Crippen molar-refractivity contribution in [1.82, 2.24) is 0 Å². The maximum absolute atomic E-state index is 12.1. The summed E-state index contributed by atoms with van der Waals surface area (Å²) in [6.45, 7) is 2.95. The molecular weight excluding hydrogens is 388 g/mol. The van der Waals surface area contributed by atoms with Crippen LogP contribution in [0.15, 0.2) is 24.3 Å². The zero-order valence-electron chi connectivity index (χ0n) is 15.4. The number of aryl methyl sites for hydroxylation is 1. The molecule has 0 atom stereocenters. The largest absolute Gasteiger partial charge is 0.465 e. The molecule has 0 aliphatic carbocycles. The van der Waals surface area contributed by atoms with E-state index in [1.165, 1.54) is 36.6 Å². The summed E-state index contributed by atoms with van der Waals surface area (Å²) in [5.41, 5.74) is 0.941. The number of carbonyl (C=O) groups excluding carboxylic acids is 3. The van der Waals surface area contributed by atoms with E-state index in [1.54, 1.807) is 19.9 Å². The van der Waals surface area contributed by atoms with Crippen LogP contribution in [0.3, 0.4) is 0 Å². The van der Waals surface area contributed by atoms with Crippen LogP contribution < -0.4 is 5.32 Å². The van der Waals surface area contributed by atoms with Crippen molar-refractivity contribution in [2.24, 2.45) is 0 Å². The van der Waals surface area contributed by atoms with Gasteiger partial charge in [0.1, 0.15) is 5.00 Å². The predicted molar refractivity (Wildman–Crippen MR) is 102 cm³/mol. The van der Waals surface area contributed by atoms with E-state index in [0.717, 1.165) is 4.88 Å². The number of ether oxygens (including phenoxy) is 2. The molecular formula is C18H18N2O7S. The van der Waals surface area contributed by atoms with E-state index in [0.29, 0.717) is 10.6 Å². The third kappa shape index (κ3) is 4.92. The van der Waals surface area contributed by atoms with Crippen molar-refractivity contribution >= 4 is 39.9 Å². The maximum Gasteiger partial charge on any atom is 0.341 e. The van der Waals surface area contributed by atoms with Gasteiger partial charge in [0.05, 0.1) is 24.0 Å². The number of benzene rings is 1. The number of nitrogens with one attached hydrogen (secondary N) is 1. The summed E-state index contributed by atoms with van der Waals surface area (Å²) < 4.78 is 9.62. The van der Waals surface area contributed by atoms with E-state index in [1.807, 2.05) is 0 Å². The van der Waals surface area contributed by atoms with Crippen LogP contribution in [-0.2, 0) is 25.5 Å². The molecule has 9 nitrogen and oxygen atoms in total.